The highest BCUT2D eigenvalue weighted by Gasteiger charge is 2.44. The Morgan fingerprint density at radius 1 is 0.838 bits per heavy atom. The van der Waals surface area contributed by atoms with Crippen LogP contribution in [0.3, 0.4) is 0 Å². The Labute approximate surface area is 213 Å². The number of carbonyl (C=O) groups is 1. The third-order valence-corrected chi connectivity index (χ3v) is 6.14. The van der Waals surface area contributed by atoms with E-state index in [9.17, 15) is 14.0 Å². The molecule has 0 radical (unpaired) electrons. The molecule has 190 valence electrons. The molecule has 1 aromatic heterocycles. The van der Waals surface area contributed by atoms with E-state index in [0.717, 1.165) is 6.07 Å². The van der Waals surface area contributed by atoms with Gasteiger partial charge in [0.2, 0.25) is 5.76 Å². The van der Waals surface area contributed by atoms with Crippen LogP contribution in [-0.4, -0.2) is 25.7 Å². The first-order chi connectivity index (χ1) is 18.0. The van der Waals surface area contributed by atoms with Crippen LogP contribution in [0.2, 0.25) is 0 Å². The van der Waals surface area contributed by atoms with E-state index in [4.69, 9.17) is 18.6 Å². The minimum atomic E-state index is -0.834. The lowest BCUT2D eigenvalue weighted by molar-refractivity contribution is 0.0971. The molecule has 1 amide bonds. The highest BCUT2D eigenvalue weighted by Crippen LogP contribution is 2.43. The molecule has 3 aromatic carbocycles. The maximum Gasteiger partial charge on any atom is 0.295 e. The first-order valence-electron chi connectivity index (χ1n) is 12.2. The summed E-state index contributed by atoms with van der Waals surface area (Å²) in [6.07, 6.45) is 0. The molecule has 0 aliphatic carbocycles. The highest BCUT2D eigenvalue weighted by molar-refractivity contribution is 6.10. The molecule has 1 unspecified atom stereocenters. The van der Waals surface area contributed by atoms with Crippen LogP contribution in [0.5, 0.6) is 17.2 Å². The first kappa shape index (κ1) is 24.4. The summed E-state index contributed by atoms with van der Waals surface area (Å²) in [6.45, 7) is 6.97. The van der Waals surface area contributed by atoms with Gasteiger partial charge in [0.1, 0.15) is 17.1 Å². The number of amides is 1. The number of hydrogen-bond donors (Lipinski definition) is 0. The van der Waals surface area contributed by atoms with Gasteiger partial charge >= 0.3 is 0 Å². The second-order valence-electron chi connectivity index (χ2n) is 8.39. The van der Waals surface area contributed by atoms with Crippen LogP contribution < -0.4 is 24.5 Å². The van der Waals surface area contributed by atoms with E-state index in [1.54, 1.807) is 42.5 Å². The summed E-state index contributed by atoms with van der Waals surface area (Å²) in [5, 5.41) is 0.0704. The summed E-state index contributed by atoms with van der Waals surface area (Å²) in [6, 6.07) is 15.2. The van der Waals surface area contributed by atoms with E-state index < -0.39 is 23.2 Å². The van der Waals surface area contributed by atoms with Crippen molar-refractivity contribution >= 4 is 22.6 Å². The molecule has 0 saturated carbocycles. The van der Waals surface area contributed by atoms with E-state index in [0.29, 0.717) is 48.3 Å². The monoisotopic (exact) mass is 503 g/mol. The molecule has 1 aliphatic rings. The molecule has 0 fully saturated rings. The van der Waals surface area contributed by atoms with Crippen molar-refractivity contribution in [2.24, 2.45) is 0 Å². The van der Waals surface area contributed by atoms with Gasteiger partial charge in [-0.2, -0.15) is 0 Å². The first-order valence-corrected chi connectivity index (χ1v) is 12.2. The highest BCUT2D eigenvalue weighted by atomic mass is 19.1. The normalized spacial score (nSPS) is 14.6. The zero-order valence-corrected chi connectivity index (χ0v) is 20.7. The van der Waals surface area contributed by atoms with Gasteiger partial charge in [-0.05, 0) is 80.9 Å². The molecule has 5 rings (SSSR count). The van der Waals surface area contributed by atoms with Crippen LogP contribution in [0.1, 0.15) is 48.5 Å². The Kier molecular flexibility index (Phi) is 6.56. The number of rotatable bonds is 8. The van der Waals surface area contributed by atoms with Gasteiger partial charge in [-0.15, -0.1) is 0 Å². The molecule has 2 heterocycles. The van der Waals surface area contributed by atoms with Crippen molar-refractivity contribution in [2.45, 2.75) is 26.8 Å². The number of ether oxygens (including phenoxy) is 3. The summed E-state index contributed by atoms with van der Waals surface area (Å²) >= 11 is 0. The topological polar surface area (TPSA) is 78.2 Å². The molecular weight excluding hydrogens is 477 g/mol. The van der Waals surface area contributed by atoms with Crippen molar-refractivity contribution in [3.63, 3.8) is 0 Å². The second-order valence-corrected chi connectivity index (χ2v) is 8.39. The maximum atomic E-state index is 14.1. The van der Waals surface area contributed by atoms with Gasteiger partial charge in [0.05, 0.1) is 36.8 Å². The SMILES string of the molecule is CCOc1ccc(N2C(=O)c3oc4ccc(F)cc4c(=O)c3C2c2ccc(OCC)c(OCC)c2)cc1. The van der Waals surface area contributed by atoms with Gasteiger partial charge in [0.25, 0.3) is 5.91 Å². The van der Waals surface area contributed by atoms with Gasteiger partial charge in [0.15, 0.2) is 16.9 Å². The van der Waals surface area contributed by atoms with Gasteiger partial charge in [-0.1, -0.05) is 6.07 Å². The van der Waals surface area contributed by atoms with Crippen molar-refractivity contribution in [2.75, 3.05) is 24.7 Å². The Morgan fingerprint density at radius 3 is 2.24 bits per heavy atom. The number of anilines is 1. The Bertz CT molecular complexity index is 1530. The van der Waals surface area contributed by atoms with Crippen LogP contribution in [0.25, 0.3) is 11.0 Å². The minimum Gasteiger partial charge on any atom is -0.494 e. The summed E-state index contributed by atoms with van der Waals surface area (Å²) in [4.78, 5) is 29.0. The van der Waals surface area contributed by atoms with Gasteiger partial charge in [-0.25, -0.2) is 4.39 Å². The Morgan fingerprint density at radius 2 is 1.54 bits per heavy atom. The number of nitrogens with zero attached hydrogens (tertiary/aromatic N) is 1. The van der Waals surface area contributed by atoms with Gasteiger partial charge < -0.3 is 18.6 Å². The number of carbonyl (C=O) groups excluding carboxylic acids is 1. The molecule has 8 heteroatoms. The molecule has 4 aromatic rings. The van der Waals surface area contributed by atoms with E-state index in [-0.39, 0.29) is 22.3 Å². The number of hydrogen-bond acceptors (Lipinski definition) is 6. The summed E-state index contributed by atoms with van der Waals surface area (Å²) in [7, 11) is 0. The second kappa shape index (κ2) is 9.97. The Balaban J connectivity index is 1.74. The lowest BCUT2D eigenvalue weighted by atomic mass is 9.97. The summed E-state index contributed by atoms with van der Waals surface area (Å²) in [5.41, 5.74) is 0.993. The molecule has 37 heavy (non-hydrogen) atoms. The lowest BCUT2D eigenvalue weighted by Crippen LogP contribution is -2.29. The van der Waals surface area contributed by atoms with Crippen LogP contribution in [-0.2, 0) is 0 Å². The average Bonchev–Trinajstić information content (AvgIpc) is 3.19. The van der Waals surface area contributed by atoms with E-state index in [1.165, 1.54) is 17.0 Å². The minimum absolute atomic E-state index is 0.0704. The fourth-order valence-electron chi connectivity index (χ4n) is 4.63. The third kappa shape index (κ3) is 4.28. The molecule has 7 nitrogen and oxygen atoms in total. The number of benzene rings is 3. The third-order valence-electron chi connectivity index (χ3n) is 6.14. The van der Waals surface area contributed by atoms with Crippen molar-refractivity contribution in [3.05, 3.63) is 93.6 Å². The predicted octanol–water partition coefficient (Wildman–Crippen LogP) is 5.88. The smallest absolute Gasteiger partial charge is 0.295 e. The molecule has 1 atom stereocenters. The van der Waals surface area contributed by atoms with E-state index in [2.05, 4.69) is 0 Å². The maximum absolute atomic E-state index is 14.1. The fourth-order valence-corrected chi connectivity index (χ4v) is 4.63. The quantitative estimate of drug-likeness (QED) is 0.299. The lowest BCUT2D eigenvalue weighted by Gasteiger charge is -2.26. The Hall–Kier alpha value is -4.33. The summed E-state index contributed by atoms with van der Waals surface area (Å²) < 4.78 is 37.0. The van der Waals surface area contributed by atoms with Crippen LogP contribution >= 0.6 is 0 Å². The fraction of sp³-hybridized carbons (Fsp3) is 0.241. The zero-order valence-electron chi connectivity index (χ0n) is 20.7. The van der Waals surface area contributed by atoms with Crippen molar-refractivity contribution in [1.29, 1.82) is 0 Å². The molecule has 0 saturated heterocycles. The molecule has 0 N–H and O–H groups in total. The van der Waals surface area contributed by atoms with Crippen molar-refractivity contribution in [1.82, 2.24) is 0 Å². The molecule has 0 bridgehead atoms. The number of fused-ring (bicyclic) bond motifs is 2. The van der Waals surface area contributed by atoms with E-state index >= 15 is 0 Å². The zero-order chi connectivity index (χ0) is 26.1. The number of halogens is 1. The van der Waals surface area contributed by atoms with E-state index in [1.807, 2.05) is 20.8 Å². The predicted molar refractivity (Wildman–Crippen MR) is 137 cm³/mol. The largest absolute Gasteiger partial charge is 0.494 e. The molecule has 0 spiro atoms. The average molecular weight is 504 g/mol. The van der Waals surface area contributed by atoms with Crippen molar-refractivity contribution in [3.8, 4) is 17.2 Å². The molecular formula is C29H26FNO6. The van der Waals surface area contributed by atoms with Crippen molar-refractivity contribution < 1.29 is 27.8 Å². The van der Waals surface area contributed by atoms with Crippen LogP contribution in [0.15, 0.2) is 69.9 Å². The summed E-state index contributed by atoms with van der Waals surface area (Å²) in [5.74, 6) is 0.587. The van der Waals surface area contributed by atoms with Crippen LogP contribution in [0, 0.1) is 5.82 Å². The van der Waals surface area contributed by atoms with Crippen LogP contribution in [0.4, 0.5) is 10.1 Å². The van der Waals surface area contributed by atoms with Gasteiger partial charge in [0, 0.05) is 5.69 Å². The van der Waals surface area contributed by atoms with Gasteiger partial charge in [-0.3, -0.25) is 14.5 Å². The standard InChI is InChI=1S/C29H26FNO6/c1-4-34-20-11-9-19(10-12-20)31-26(17-7-13-23(35-5-2)24(15-17)36-6-3)25-27(32)21-16-18(30)8-14-22(21)37-28(25)29(31)33/h7-16,26H,4-6H2,1-3H3. The molecule has 1 aliphatic heterocycles.